The van der Waals surface area contributed by atoms with E-state index in [1.165, 1.54) is 17.7 Å². The highest BCUT2D eigenvalue weighted by Crippen LogP contribution is 2.31. The van der Waals surface area contributed by atoms with Gasteiger partial charge in [-0.25, -0.2) is 4.98 Å². The fraction of sp³-hybridized carbons (Fsp3) is 0.200. The minimum absolute atomic E-state index is 0.123. The first-order chi connectivity index (χ1) is 8.13. The van der Waals surface area contributed by atoms with Crippen LogP contribution >= 0.6 is 11.3 Å². The van der Waals surface area contributed by atoms with E-state index < -0.39 is 5.91 Å². The average molecular weight is 247 g/mol. The minimum atomic E-state index is -0.403. The molecule has 0 saturated heterocycles. The molecule has 6 nitrogen and oxygen atoms in total. The summed E-state index contributed by atoms with van der Waals surface area (Å²) in [6.07, 6.45) is 1.25. The molecule has 0 atom stereocenters. The molecular formula is C10H9N5OS. The van der Waals surface area contributed by atoms with Crippen molar-refractivity contribution in [3.05, 3.63) is 28.2 Å². The third kappa shape index (κ3) is 2.03. The maximum absolute atomic E-state index is 11.7. The van der Waals surface area contributed by atoms with Crippen molar-refractivity contribution in [3.8, 4) is 6.07 Å². The van der Waals surface area contributed by atoms with Gasteiger partial charge in [-0.15, -0.1) is 11.3 Å². The molecule has 2 aromatic rings. The molecule has 2 heterocycles. The van der Waals surface area contributed by atoms with E-state index in [9.17, 15) is 4.79 Å². The number of anilines is 1. The number of aromatic amines is 1. The summed E-state index contributed by atoms with van der Waals surface area (Å²) in [5, 5.41) is 18.3. The molecule has 86 valence electrons. The summed E-state index contributed by atoms with van der Waals surface area (Å²) in [5.41, 5.74) is 1.39. The highest BCUT2D eigenvalue weighted by molar-refractivity contribution is 7.16. The predicted octanol–water partition coefficient (Wildman–Crippen LogP) is 1.61. The molecule has 0 unspecified atom stereocenters. The fourth-order valence-corrected chi connectivity index (χ4v) is 2.33. The lowest BCUT2D eigenvalue weighted by Crippen LogP contribution is -2.13. The van der Waals surface area contributed by atoms with Crippen molar-refractivity contribution in [2.45, 2.75) is 13.8 Å². The Morgan fingerprint density at radius 3 is 2.94 bits per heavy atom. The second-order valence-electron chi connectivity index (χ2n) is 3.39. The Balaban J connectivity index is 2.29. The topological polar surface area (TPSA) is 94.5 Å². The number of H-pyrrole nitrogens is 1. The number of nitriles is 1. The molecule has 0 bridgehead atoms. The molecule has 2 rings (SSSR count). The summed E-state index contributed by atoms with van der Waals surface area (Å²) in [7, 11) is 0. The fourth-order valence-electron chi connectivity index (χ4n) is 1.33. The van der Waals surface area contributed by atoms with Crippen LogP contribution in [0.1, 0.15) is 26.6 Å². The number of hydrogen-bond acceptors (Lipinski definition) is 5. The van der Waals surface area contributed by atoms with Gasteiger partial charge in [0.15, 0.2) is 0 Å². The van der Waals surface area contributed by atoms with Crippen molar-refractivity contribution in [2.75, 3.05) is 5.32 Å². The molecule has 1 amide bonds. The van der Waals surface area contributed by atoms with Crippen LogP contribution in [0.25, 0.3) is 0 Å². The molecule has 0 spiro atoms. The Kier molecular flexibility index (Phi) is 2.89. The van der Waals surface area contributed by atoms with E-state index in [1.807, 2.05) is 13.8 Å². The van der Waals surface area contributed by atoms with Crippen LogP contribution in [0, 0.1) is 25.2 Å². The van der Waals surface area contributed by atoms with E-state index in [4.69, 9.17) is 5.26 Å². The van der Waals surface area contributed by atoms with Crippen LogP contribution < -0.4 is 5.32 Å². The van der Waals surface area contributed by atoms with Crippen LogP contribution in [-0.4, -0.2) is 21.1 Å². The number of carbonyl (C=O) groups is 1. The SMILES string of the molecule is Cc1sc(NC(=O)c2ncn[nH]2)c(C#N)c1C. The monoisotopic (exact) mass is 247 g/mol. The lowest BCUT2D eigenvalue weighted by Gasteiger charge is -1.99. The predicted molar refractivity (Wildman–Crippen MR) is 62.8 cm³/mol. The Bertz CT molecular complexity index is 593. The molecular weight excluding hydrogens is 238 g/mol. The Labute approximate surface area is 101 Å². The van der Waals surface area contributed by atoms with Crippen LogP contribution in [0.3, 0.4) is 0 Å². The maximum Gasteiger partial charge on any atom is 0.293 e. The van der Waals surface area contributed by atoms with E-state index in [-0.39, 0.29) is 5.82 Å². The van der Waals surface area contributed by atoms with Crippen molar-refractivity contribution in [1.82, 2.24) is 15.2 Å². The smallest absolute Gasteiger partial charge is 0.293 e. The summed E-state index contributed by atoms with van der Waals surface area (Å²) in [5.74, 6) is -0.280. The second-order valence-corrected chi connectivity index (χ2v) is 4.61. The molecule has 7 heteroatoms. The van der Waals surface area contributed by atoms with Crippen LogP contribution in [-0.2, 0) is 0 Å². The summed E-state index contributed by atoms with van der Waals surface area (Å²) in [6, 6.07) is 2.08. The number of carbonyl (C=O) groups excluding carboxylic acids is 1. The number of thiophene rings is 1. The number of aryl methyl sites for hydroxylation is 1. The van der Waals surface area contributed by atoms with Gasteiger partial charge in [0.25, 0.3) is 5.91 Å². The van der Waals surface area contributed by atoms with Gasteiger partial charge in [-0.2, -0.15) is 10.4 Å². The van der Waals surface area contributed by atoms with E-state index in [0.717, 1.165) is 10.4 Å². The second kappa shape index (κ2) is 4.35. The Morgan fingerprint density at radius 1 is 1.59 bits per heavy atom. The molecule has 17 heavy (non-hydrogen) atoms. The summed E-state index contributed by atoms with van der Waals surface area (Å²) >= 11 is 1.37. The lowest BCUT2D eigenvalue weighted by atomic mass is 10.2. The van der Waals surface area contributed by atoms with Gasteiger partial charge < -0.3 is 5.32 Å². The number of hydrogen-bond donors (Lipinski definition) is 2. The molecule has 0 aliphatic rings. The molecule has 0 radical (unpaired) electrons. The van der Waals surface area contributed by atoms with Gasteiger partial charge in [0.2, 0.25) is 5.82 Å². The van der Waals surface area contributed by atoms with E-state index >= 15 is 0 Å². The standard InChI is InChI=1S/C10H9N5OS/c1-5-6(2)17-10(7(5)3-11)14-9(16)8-12-4-13-15-8/h4H,1-2H3,(H,14,16)(H,12,13,15). The molecule has 0 saturated carbocycles. The summed E-state index contributed by atoms with van der Waals surface area (Å²) < 4.78 is 0. The minimum Gasteiger partial charge on any atom is -0.310 e. The van der Waals surface area contributed by atoms with Crippen molar-refractivity contribution in [3.63, 3.8) is 0 Å². The van der Waals surface area contributed by atoms with E-state index in [0.29, 0.717) is 10.6 Å². The molecule has 2 N–H and O–H groups in total. The zero-order chi connectivity index (χ0) is 12.4. The van der Waals surface area contributed by atoms with Gasteiger partial charge in [0, 0.05) is 4.88 Å². The van der Waals surface area contributed by atoms with E-state index in [2.05, 4.69) is 26.6 Å². The van der Waals surface area contributed by atoms with Gasteiger partial charge in [0.05, 0.1) is 5.56 Å². The lowest BCUT2D eigenvalue weighted by molar-refractivity contribution is 0.101. The van der Waals surface area contributed by atoms with Gasteiger partial charge in [-0.1, -0.05) is 0 Å². The van der Waals surface area contributed by atoms with Crippen molar-refractivity contribution in [1.29, 1.82) is 5.26 Å². The van der Waals surface area contributed by atoms with Crippen LogP contribution in [0.2, 0.25) is 0 Å². The molecule has 2 aromatic heterocycles. The van der Waals surface area contributed by atoms with Crippen LogP contribution in [0.4, 0.5) is 5.00 Å². The highest BCUT2D eigenvalue weighted by atomic mass is 32.1. The van der Waals surface area contributed by atoms with Crippen LogP contribution in [0.15, 0.2) is 6.33 Å². The number of nitrogens with zero attached hydrogens (tertiary/aromatic N) is 3. The Hall–Kier alpha value is -2.20. The van der Waals surface area contributed by atoms with Gasteiger partial charge >= 0.3 is 0 Å². The third-order valence-electron chi connectivity index (χ3n) is 2.35. The van der Waals surface area contributed by atoms with Crippen molar-refractivity contribution >= 4 is 22.2 Å². The molecule has 0 fully saturated rings. The van der Waals surface area contributed by atoms with Gasteiger partial charge in [-0.05, 0) is 19.4 Å². The first kappa shape index (κ1) is 11.3. The molecule has 0 aromatic carbocycles. The first-order valence-electron chi connectivity index (χ1n) is 4.80. The largest absolute Gasteiger partial charge is 0.310 e. The maximum atomic E-state index is 11.7. The van der Waals surface area contributed by atoms with Crippen molar-refractivity contribution in [2.24, 2.45) is 0 Å². The zero-order valence-electron chi connectivity index (χ0n) is 9.24. The summed E-state index contributed by atoms with van der Waals surface area (Å²) in [4.78, 5) is 16.5. The number of amides is 1. The Morgan fingerprint density at radius 2 is 2.35 bits per heavy atom. The quantitative estimate of drug-likeness (QED) is 0.842. The number of rotatable bonds is 2. The first-order valence-corrected chi connectivity index (χ1v) is 5.62. The van der Waals surface area contributed by atoms with Gasteiger partial charge in [-0.3, -0.25) is 9.89 Å². The van der Waals surface area contributed by atoms with E-state index in [1.54, 1.807) is 0 Å². The highest BCUT2D eigenvalue weighted by Gasteiger charge is 2.16. The van der Waals surface area contributed by atoms with Crippen LogP contribution in [0.5, 0.6) is 0 Å². The molecule has 0 aliphatic heterocycles. The normalized spacial score (nSPS) is 9.94. The summed E-state index contributed by atoms with van der Waals surface area (Å²) in [6.45, 7) is 3.76. The number of nitrogens with one attached hydrogen (secondary N) is 2. The average Bonchev–Trinajstić information content (AvgIpc) is 2.89. The zero-order valence-corrected chi connectivity index (χ0v) is 10.1. The van der Waals surface area contributed by atoms with Gasteiger partial charge in [0.1, 0.15) is 17.4 Å². The number of aromatic nitrogens is 3. The van der Waals surface area contributed by atoms with Crippen molar-refractivity contribution < 1.29 is 4.79 Å². The molecule has 0 aliphatic carbocycles. The third-order valence-corrected chi connectivity index (χ3v) is 3.48.